The molecule has 0 aliphatic heterocycles. The molecule has 0 saturated heterocycles. The highest BCUT2D eigenvalue weighted by molar-refractivity contribution is 5.76. The van der Waals surface area contributed by atoms with E-state index in [4.69, 9.17) is 0 Å². The number of rotatable bonds is 3. The van der Waals surface area contributed by atoms with Crippen molar-refractivity contribution in [2.75, 3.05) is 7.11 Å². The maximum Gasteiger partial charge on any atom is 0.339 e. The minimum Gasteiger partial charge on any atom is -0.467 e. The Balaban J connectivity index is 3.11. The molecule has 88 valence electrons. The van der Waals surface area contributed by atoms with E-state index in [1.807, 2.05) is 0 Å². The average molecular weight is 226 g/mol. The third-order valence-corrected chi connectivity index (χ3v) is 2.48. The number of aryl methyl sites for hydroxylation is 1. The Kier molecular flexibility index (Phi) is 4.01. The zero-order chi connectivity index (χ0) is 12.3. The molecule has 2 unspecified atom stereocenters. The van der Waals surface area contributed by atoms with E-state index < -0.39 is 18.2 Å². The third-order valence-electron chi connectivity index (χ3n) is 2.48. The lowest BCUT2D eigenvalue weighted by molar-refractivity contribution is -0.150. The molecule has 0 aromatic heterocycles. The number of halogens is 1. The summed E-state index contributed by atoms with van der Waals surface area (Å²) in [6, 6.07) is 4.79. The minimum atomic E-state index is -1.36. The quantitative estimate of drug-likeness (QED) is 0.804. The van der Waals surface area contributed by atoms with Gasteiger partial charge in [-0.05, 0) is 36.6 Å². The van der Waals surface area contributed by atoms with Gasteiger partial charge in [-0.2, -0.15) is 0 Å². The van der Waals surface area contributed by atoms with Crippen molar-refractivity contribution in [2.45, 2.75) is 26.1 Å². The standard InChI is InChI=1S/C12H15FO3/c1-7-4-5-9(8(2)13)6-10(7)11(14)12(15)16-3/h4-6,8,11,14H,1-3H3. The Hall–Kier alpha value is -1.42. The van der Waals surface area contributed by atoms with Crippen LogP contribution in [0.15, 0.2) is 18.2 Å². The number of carbonyl (C=O) groups excluding carboxylic acids is 1. The normalized spacial score (nSPS) is 14.3. The van der Waals surface area contributed by atoms with Gasteiger partial charge >= 0.3 is 5.97 Å². The van der Waals surface area contributed by atoms with E-state index in [1.165, 1.54) is 20.1 Å². The second-order valence-electron chi connectivity index (χ2n) is 3.66. The zero-order valence-electron chi connectivity index (χ0n) is 9.53. The lowest BCUT2D eigenvalue weighted by Gasteiger charge is -2.13. The zero-order valence-corrected chi connectivity index (χ0v) is 9.53. The van der Waals surface area contributed by atoms with Gasteiger partial charge in [0.05, 0.1) is 7.11 Å². The van der Waals surface area contributed by atoms with Crippen LogP contribution in [0.25, 0.3) is 0 Å². The number of esters is 1. The summed E-state index contributed by atoms with van der Waals surface area (Å²) < 4.78 is 17.5. The summed E-state index contributed by atoms with van der Waals surface area (Å²) in [6.07, 6.45) is -2.49. The van der Waals surface area contributed by atoms with Crippen LogP contribution in [-0.4, -0.2) is 18.2 Å². The largest absolute Gasteiger partial charge is 0.467 e. The average Bonchev–Trinajstić information content (AvgIpc) is 2.27. The summed E-state index contributed by atoms with van der Waals surface area (Å²) in [5.41, 5.74) is 1.54. The molecule has 0 bridgehead atoms. The predicted octanol–water partition coefficient (Wildman–Crippen LogP) is 2.23. The molecule has 16 heavy (non-hydrogen) atoms. The summed E-state index contributed by atoms with van der Waals surface area (Å²) >= 11 is 0. The van der Waals surface area contributed by atoms with Crippen molar-refractivity contribution in [3.05, 3.63) is 34.9 Å². The van der Waals surface area contributed by atoms with Crippen molar-refractivity contribution in [3.63, 3.8) is 0 Å². The number of aliphatic hydroxyl groups is 1. The number of methoxy groups -OCH3 is 1. The topological polar surface area (TPSA) is 46.5 Å². The van der Waals surface area contributed by atoms with Crippen LogP contribution in [0.5, 0.6) is 0 Å². The van der Waals surface area contributed by atoms with Gasteiger partial charge in [-0.15, -0.1) is 0 Å². The minimum absolute atomic E-state index is 0.383. The van der Waals surface area contributed by atoms with E-state index in [-0.39, 0.29) is 0 Å². The van der Waals surface area contributed by atoms with Gasteiger partial charge in [-0.3, -0.25) is 0 Å². The highest BCUT2D eigenvalue weighted by Crippen LogP contribution is 2.24. The first-order valence-electron chi connectivity index (χ1n) is 4.97. The maximum atomic E-state index is 13.1. The van der Waals surface area contributed by atoms with E-state index in [2.05, 4.69) is 4.74 Å². The van der Waals surface area contributed by atoms with Crippen molar-refractivity contribution < 1.29 is 19.0 Å². The number of hydrogen-bond donors (Lipinski definition) is 1. The van der Waals surface area contributed by atoms with E-state index in [0.717, 1.165) is 5.56 Å². The highest BCUT2D eigenvalue weighted by atomic mass is 19.1. The van der Waals surface area contributed by atoms with Crippen molar-refractivity contribution in [3.8, 4) is 0 Å². The molecule has 1 N–H and O–H groups in total. The lowest BCUT2D eigenvalue weighted by Crippen LogP contribution is -2.15. The maximum absolute atomic E-state index is 13.1. The van der Waals surface area contributed by atoms with E-state index in [9.17, 15) is 14.3 Å². The number of carbonyl (C=O) groups is 1. The molecule has 0 radical (unpaired) electrons. The van der Waals surface area contributed by atoms with Gasteiger partial charge in [-0.1, -0.05) is 12.1 Å². The molecule has 0 spiro atoms. The molecule has 0 saturated carbocycles. The van der Waals surface area contributed by atoms with Crippen LogP contribution in [-0.2, 0) is 9.53 Å². The van der Waals surface area contributed by atoms with Gasteiger partial charge in [-0.25, -0.2) is 9.18 Å². The molecule has 4 heteroatoms. The van der Waals surface area contributed by atoms with Crippen LogP contribution in [0.1, 0.15) is 35.9 Å². The van der Waals surface area contributed by atoms with Crippen LogP contribution in [0, 0.1) is 6.92 Å². The number of aliphatic hydroxyl groups excluding tert-OH is 1. The van der Waals surface area contributed by atoms with Crippen molar-refractivity contribution in [1.29, 1.82) is 0 Å². The second kappa shape index (κ2) is 5.07. The van der Waals surface area contributed by atoms with Crippen LogP contribution < -0.4 is 0 Å². The monoisotopic (exact) mass is 226 g/mol. The summed E-state index contributed by atoms with van der Waals surface area (Å²) in [7, 11) is 1.20. The van der Waals surface area contributed by atoms with E-state index in [0.29, 0.717) is 11.1 Å². The fourth-order valence-corrected chi connectivity index (χ4v) is 1.44. The Morgan fingerprint density at radius 1 is 1.50 bits per heavy atom. The first kappa shape index (κ1) is 12.6. The van der Waals surface area contributed by atoms with Crippen LogP contribution >= 0.6 is 0 Å². The summed E-state index contributed by atoms with van der Waals surface area (Å²) in [5, 5.41) is 9.68. The van der Waals surface area contributed by atoms with Gasteiger partial charge in [0.2, 0.25) is 0 Å². The Morgan fingerprint density at radius 3 is 2.62 bits per heavy atom. The second-order valence-corrected chi connectivity index (χ2v) is 3.66. The van der Waals surface area contributed by atoms with Crippen LogP contribution in [0.4, 0.5) is 4.39 Å². The first-order chi connectivity index (χ1) is 7.47. The van der Waals surface area contributed by atoms with Gasteiger partial charge in [0.25, 0.3) is 0 Å². The van der Waals surface area contributed by atoms with E-state index in [1.54, 1.807) is 19.1 Å². The van der Waals surface area contributed by atoms with Gasteiger partial charge < -0.3 is 9.84 Å². The lowest BCUT2D eigenvalue weighted by atomic mass is 9.99. The molecule has 3 nitrogen and oxygen atoms in total. The summed E-state index contributed by atoms with van der Waals surface area (Å²) in [5.74, 6) is -0.744. The first-order valence-corrected chi connectivity index (χ1v) is 4.97. The molecule has 0 aliphatic rings. The Bertz CT molecular complexity index is 388. The third kappa shape index (κ3) is 2.58. The molecule has 1 aromatic carbocycles. The molecule has 0 aliphatic carbocycles. The molecule has 0 amide bonds. The molecule has 0 fully saturated rings. The van der Waals surface area contributed by atoms with Crippen molar-refractivity contribution in [2.24, 2.45) is 0 Å². The summed E-state index contributed by atoms with van der Waals surface area (Å²) in [6.45, 7) is 3.15. The molecular weight excluding hydrogens is 211 g/mol. The highest BCUT2D eigenvalue weighted by Gasteiger charge is 2.20. The molecule has 0 heterocycles. The van der Waals surface area contributed by atoms with Gasteiger partial charge in [0.15, 0.2) is 6.10 Å². The van der Waals surface area contributed by atoms with Crippen molar-refractivity contribution >= 4 is 5.97 Å². The summed E-state index contributed by atoms with van der Waals surface area (Å²) in [4.78, 5) is 11.2. The Morgan fingerprint density at radius 2 is 2.12 bits per heavy atom. The molecular formula is C12H15FO3. The van der Waals surface area contributed by atoms with Gasteiger partial charge in [0, 0.05) is 0 Å². The van der Waals surface area contributed by atoms with Crippen LogP contribution in [0.2, 0.25) is 0 Å². The SMILES string of the molecule is COC(=O)C(O)c1cc(C(C)F)ccc1C. The fourth-order valence-electron chi connectivity index (χ4n) is 1.44. The van der Waals surface area contributed by atoms with Gasteiger partial charge in [0.1, 0.15) is 6.17 Å². The number of hydrogen-bond acceptors (Lipinski definition) is 3. The smallest absolute Gasteiger partial charge is 0.339 e. The number of alkyl halides is 1. The van der Waals surface area contributed by atoms with Crippen LogP contribution in [0.3, 0.4) is 0 Å². The fraction of sp³-hybridized carbons (Fsp3) is 0.417. The molecule has 2 atom stereocenters. The van der Waals surface area contributed by atoms with Crippen molar-refractivity contribution in [1.82, 2.24) is 0 Å². The number of benzene rings is 1. The molecule has 1 rings (SSSR count). The number of ether oxygens (including phenoxy) is 1. The Labute approximate surface area is 93.9 Å². The predicted molar refractivity (Wildman–Crippen MR) is 57.7 cm³/mol. The molecule has 1 aromatic rings. The van der Waals surface area contributed by atoms with E-state index >= 15 is 0 Å².